The Morgan fingerprint density at radius 3 is 2.50 bits per heavy atom. The molecule has 0 heterocycles. The SMILES string of the molecule is CN(CCO)CC1CC2CC2C1. The van der Waals surface area contributed by atoms with Crippen LogP contribution < -0.4 is 0 Å². The molecule has 2 saturated carbocycles. The second kappa shape index (κ2) is 3.35. The van der Waals surface area contributed by atoms with Gasteiger partial charge in [-0.15, -0.1) is 0 Å². The fourth-order valence-corrected chi connectivity index (χ4v) is 2.69. The van der Waals surface area contributed by atoms with Crippen LogP contribution in [0.4, 0.5) is 0 Å². The van der Waals surface area contributed by atoms with E-state index in [-0.39, 0.29) is 0 Å². The number of hydrogen-bond acceptors (Lipinski definition) is 2. The van der Waals surface area contributed by atoms with Gasteiger partial charge in [0, 0.05) is 13.1 Å². The van der Waals surface area contributed by atoms with Gasteiger partial charge in [-0.3, -0.25) is 0 Å². The molecule has 2 heteroatoms. The van der Waals surface area contributed by atoms with Crippen molar-refractivity contribution in [3.8, 4) is 0 Å². The Morgan fingerprint density at radius 1 is 1.25 bits per heavy atom. The Hall–Kier alpha value is -0.0800. The van der Waals surface area contributed by atoms with Crippen molar-refractivity contribution in [2.45, 2.75) is 19.3 Å². The molecule has 0 amide bonds. The highest BCUT2D eigenvalue weighted by Crippen LogP contribution is 2.54. The molecule has 0 saturated heterocycles. The van der Waals surface area contributed by atoms with Crippen molar-refractivity contribution >= 4 is 0 Å². The Kier molecular flexibility index (Phi) is 2.37. The Balaban J connectivity index is 1.66. The van der Waals surface area contributed by atoms with Crippen LogP contribution in [0.5, 0.6) is 0 Å². The first-order chi connectivity index (χ1) is 5.79. The number of aliphatic hydroxyl groups excluding tert-OH is 1. The molecule has 2 unspecified atom stereocenters. The average Bonchev–Trinajstić information content (AvgIpc) is 2.60. The highest BCUT2D eigenvalue weighted by atomic mass is 16.3. The largest absolute Gasteiger partial charge is 0.395 e. The summed E-state index contributed by atoms with van der Waals surface area (Å²) in [6.07, 6.45) is 4.43. The fraction of sp³-hybridized carbons (Fsp3) is 1.00. The van der Waals surface area contributed by atoms with Crippen molar-refractivity contribution in [3.63, 3.8) is 0 Å². The number of nitrogens with zero attached hydrogens (tertiary/aromatic N) is 1. The van der Waals surface area contributed by atoms with Gasteiger partial charge in [-0.2, -0.15) is 0 Å². The maximum atomic E-state index is 8.73. The number of aliphatic hydroxyl groups is 1. The lowest BCUT2D eigenvalue weighted by atomic mass is 10.0. The second-order valence-corrected chi connectivity index (χ2v) is 4.58. The normalized spacial score (nSPS) is 38.8. The standard InChI is InChI=1S/C10H19NO/c1-11(2-3-12)7-8-4-9-6-10(9)5-8/h8-10,12H,2-7H2,1H3. The van der Waals surface area contributed by atoms with E-state index in [0.717, 1.165) is 24.3 Å². The van der Waals surface area contributed by atoms with Crippen LogP contribution >= 0.6 is 0 Å². The van der Waals surface area contributed by atoms with E-state index in [4.69, 9.17) is 5.11 Å². The second-order valence-electron chi connectivity index (χ2n) is 4.58. The van der Waals surface area contributed by atoms with E-state index in [0.29, 0.717) is 6.61 Å². The summed E-state index contributed by atoms with van der Waals surface area (Å²) in [4.78, 5) is 2.26. The van der Waals surface area contributed by atoms with Crippen LogP contribution in [-0.4, -0.2) is 36.8 Å². The van der Waals surface area contributed by atoms with Gasteiger partial charge >= 0.3 is 0 Å². The van der Waals surface area contributed by atoms with E-state index in [1.165, 1.54) is 25.8 Å². The molecule has 2 nitrogen and oxygen atoms in total. The molecule has 0 radical (unpaired) electrons. The zero-order chi connectivity index (χ0) is 8.55. The van der Waals surface area contributed by atoms with Crippen molar-refractivity contribution in [2.75, 3.05) is 26.7 Å². The third-order valence-corrected chi connectivity index (χ3v) is 3.39. The Labute approximate surface area is 74.6 Å². The van der Waals surface area contributed by atoms with Crippen molar-refractivity contribution < 1.29 is 5.11 Å². The molecule has 0 aliphatic heterocycles. The zero-order valence-electron chi connectivity index (χ0n) is 7.87. The maximum absolute atomic E-state index is 8.73. The van der Waals surface area contributed by atoms with Crippen LogP contribution in [0, 0.1) is 17.8 Å². The molecule has 0 bridgehead atoms. The van der Waals surface area contributed by atoms with Gasteiger partial charge in [0.25, 0.3) is 0 Å². The molecule has 0 aromatic carbocycles. The smallest absolute Gasteiger partial charge is 0.0558 e. The van der Waals surface area contributed by atoms with E-state index in [2.05, 4.69) is 11.9 Å². The molecule has 70 valence electrons. The lowest BCUT2D eigenvalue weighted by molar-refractivity contribution is 0.199. The summed E-state index contributed by atoms with van der Waals surface area (Å²) >= 11 is 0. The summed E-state index contributed by atoms with van der Waals surface area (Å²) in [6.45, 7) is 2.34. The van der Waals surface area contributed by atoms with E-state index >= 15 is 0 Å². The lowest BCUT2D eigenvalue weighted by Crippen LogP contribution is -2.27. The molecule has 0 aromatic heterocycles. The van der Waals surface area contributed by atoms with Crippen LogP contribution in [0.25, 0.3) is 0 Å². The van der Waals surface area contributed by atoms with Crippen molar-refractivity contribution in [3.05, 3.63) is 0 Å². The monoisotopic (exact) mass is 169 g/mol. The van der Waals surface area contributed by atoms with Crippen molar-refractivity contribution in [1.82, 2.24) is 4.90 Å². The summed E-state index contributed by atoms with van der Waals surface area (Å²) < 4.78 is 0. The quantitative estimate of drug-likeness (QED) is 0.677. The average molecular weight is 169 g/mol. The zero-order valence-corrected chi connectivity index (χ0v) is 7.87. The van der Waals surface area contributed by atoms with E-state index in [1.807, 2.05) is 0 Å². The van der Waals surface area contributed by atoms with Crippen LogP contribution in [0.2, 0.25) is 0 Å². The first-order valence-electron chi connectivity index (χ1n) is 5.09. The molecule has 12 heavy (non-hydrogen) atoms. The lowest BCUT2D eigenvalue weighted by Gasteiger charge is -2.20. The molecule has 2 rings (SSSR count). The first kappa shape index (κ1) is 8.52. The highest BCUT2D eigenvalue weighted by Gasteiger charge is 2.45. The van der Waals surface area contributed by atoms with Crippen LogP contribution in [-0.2, 0) is 0 Å². The third kappa shape index (κ3) is 1.80. The Bertz CT molecular complexity index is 150. The van der Waals surface area contributed by atoms with E-state index < -0.39 is 0 Å². The highest BCUT2D eigenvalue weighted by molar-refractivity contribution is 4.96. The van der Waals surface area contributed by atoms with Gasteiger partial charge in [-0.05, 0) is 44.1 Å². The van der Waals surface area contributed by atoms with Crippen LogP contribution in [0.15, 0.2) is 0 Å². The molecule has 2 aliphatic carbocycles. The van der Waals surface area contributed by atoms with Crippen LogP contribution in [0.3, 0.4) is 0 Å². The number of fused-ring (bicyclic) bond motifs is 1. The minimum atomic E-state index is 0.302. The number of hydrogen-bond donors (Lipinski definition) is 1. The predicted molar refractivity (Wildman–Crippen MR) is 48.9 cm³/mol. The molecule has 2 fully saturated rings. The molecule has 2 aliphatic rings. The van der Waals surface area contributed by atoms with Gasteiger partial charge in [-0.1, -0.05) is 0 Å². The molecular formula is C10H19NO. The minimum Gasteiger partial charge on any atom is -0.395 e. The van der Waals surface area contributed by atoms with Crippen molar-refractivity contribution in [1.29, 1.82) is 0 Å². The van der Waals surface area contributed by atoms with E-state index in [9.17, 15) is 0 Å². The van der Waals surface area contributed by atoms with Gasteiger partial charge in [0.15, 0.2) is 0 Å². The molecule has 1 N–H and O–H groups in total. The van der Waals surface area contributed by atoms with Gasteiger partial charge in [0.05, 0.1) is 6.61 Å². The van der Waals surface area contributed by atoms with Gasteiger partial charge < -0.3 is 10.0 Å². The number of rotatable bonds is 4. The number of likely N-dealkylation sites (N-methyl/N-ethyl adjacent to an activating group) is 1. The summed E-state index contributed by atoms with van der Waals surface area (Å²) in [6, 6.07) is 0. The maximum Gasteiger partial charge on any atom is 0.0558 e. The first-order valence-corrected chi connectivity index (χ1v) is 5.09. The molecule has 0 aromatic rings. The predicted octanol–water partition coefficient (Wildman–Crippen LogP) is 0.957. The third-order valence-electron chi connectivity index (χ3n) is 3.39. The summed E-state index contributed by atoms with van der Waals surface area (Å²) in [5.74, 6) is 3.13. The van der Waals surface area contributed by atoms with Gasteiger partial charge in [0.1, 0.15) is 0 Å². The van der Waals surface area contributed by atoms with Gasteiger partial charge in [0.2, 0.25) is 0 Å². The molecular weight excluding hydrogens is 150 g/mol. The van der Waals surface area contributed by atoms with Crippen molar-refractivity contribution in [2.24, 2.45) is 17.8 Å². The van der Waals surface area contributed by atoms with E-state index in [1.54, 1.807) is 0 Å². The topological polar surface area (TPSA) is 23.5 Å². The molecule has 2 atom stereocenters. The van der Waals surface area contributed by atoms with Gasteiger partial charge in [-0.25, -0.2) is 0 Å². The summed E-state index contributed by atoms with van der Waals surface area (Å²) in [5, 5.41) is 8.73. The minimum absolute atomic E-state index is 0.302. The fourth-order valence-electron chi connectivity index (χ4n) is 2.69. The molecule has 0 spiro atoms. The summed E-state index contributed by atoms with van der Waals surface area (Å²) in [5.41, 5.74) is 0. The van der Waals surface area contributed by atoms with Crippen LogP contribution in [0.1, 0.15) is 19.3 Å². The summed E-state index contributed by atoms with van der Waals surface area (Å²) in [7, 11) is 2.11. The Morgan fingerprint density at radius 2 is 1.92 bits per heavy atom.